The molecule has 0 unspecified atom stereocenters. The zero-order chi connectivity index (χ0) is 12.3. The van der Waals surface area contributed by atoms with Crippen molar-refractivity contribution < 1.29 is 0 Å². The molecule has 2 rings (SSSR count). The number of benzene rings is 1. The van der Waals surface area contributed by atoms with E-state index in [2.05, 4.69) is 36.3 Å². The van der Waals surface area contributed by atoms with E-state index in [-0.39, 0.29) is 0 Å². The van der Waals surface area contributed by atoms with Crippen LogP contribution in [0.5, 0.6) is 0 Å². The molecule has 0 aliphatic heterocycles. The van der Waals surface area contributed by atoms with Crippen molar-refractivity contribution in [1.29, 1.82) is 5.26 Å². The summed E-state index contributed by atoms with van der Waals surface area (Å²) in [7, 11) is 0. The van der Waals surface area contributed by atoms with E-state index in [0.717, 1.165) is 11.5 Å². The molecule has 0 saturated heterocycles. The van der Waals surface area contributed by atoms with Crippen LogP contribution in [0, 0.1) is 25.2 Å². The van der Waals surface area contributed by atoms with E-state index in [9.17, 15) is 0 Å². The van der Waals surface area contributed by atoms with E-state index < -0.39 is 0 Å². The van der Waals surface area contributed by atoms with Gasteiger partial charge in [0.15, 0.2) is 0 Å². The third-order valence-corrected chi connectivity index (χ3v) is 2.54. The molecule has 0 radical (unpaired) electrons. The van der Waals surface area contributed by atoms with Crippen molar-refractivity contribution in [2.45, 2.75) is 13.8 Å². The van der Waals surface area contributed by atoms with Gasteiger partial charge in [-0.05, 0) is 37.6 Å². The molecule has 0 fully saturated rings. The summed E-state index contributed by atoms with van der Waals surface area (Å²) in [6, 6.07) is 11.8. The fourth-order valence-electron chi connectivity index (χ4n) is 1.63. The highest BCUT2D eigenvalue weighted by molar-refractivity contribution is 5.61. The lowest BCUT2D eigenvalue weighted by Gasteiger charge is -2.09. The van der Waals surface area contributed by atoms with Crippen LogP contribution in [0.1, 0.15) is 16.7 Å². The average Bonchev–Trinajstić information content (AvgIpc) is 2.34. The van der Waals surface area contributed by atoms with Gasteiger partial charge in [-0.3, -0.25) is 0 Å². The molecule has 84 valence electrons. The van der Waals surface area contributed by atoms with Gasteiger partial charge in [-0.25, -0.2) is 4.98 Å². The van der Waals surface area contributed by atoms with E-state index in [0.29, 0.717) is 5.56 Å². The second kappa shape index (κ2) is 4.67. The highest BCUT2D eigenvalue weighted by Crippen LogP contribution is 2.20. The lowest BCUT2D eigenvalue weighted by atomic mass is 10.1. The summed E-state index contributed by atoms with van der Waals surface area (Å²) in [6.07, 6.45) is 1.56. The fourth-order valence-corrected chi connectivity index (χ4v) is 1.63. The van der Waals surface area contributed by atoms with Crippen molar-refractivity contribution in [3.63, 3.8) is 0 Å². The molecule has 1 N–H and O–H groups in total. The van der Waals surface area contributed by atoms with Gasteiger partial charge in [0.05, 0.1) is 5.56 Å². The van der Waals surface area contributed by atoms with Gasteiger partial charge in [0.1, 0.15) is 11.9 Å². The summed E-state index contributed by atoms with van der Waals surface area (Å²) < 4.78 is 0. The van der Waals surface area contributed by atoms with Gasteiger partial charge in [0.25, 0.3) is 0 Å². The van der Waals surface area contributed by atoms with E-state index in [1.54, 1.807) is 18.3 Å². The predicted octanol–water partition coefficient (Wildman–Crippen LogP) is 3.31. The number of aryl methyl sites for hydroxylation is 2. The smallest absolute Gasteiger partial charge is 0.130 e. The number of nitrogens with zero attached hydrogens (tertiary/aromatic N) is 2. The van der Waals surface area contributed by atoms with Gasteiger partial charge < -0.3 is 5.32 Å². The Morgan fingerprint density at radius 3 is 2.59 bits per heavy atom. The first-order valence-corrected chi connectivity index (χ1v) is 5.39. The fraction of sp³-hybridized carbons (Fsp3) is 0.143. The van der Waals surface area contributed by atoms with Gasteiger partial charge in [-0.15, -0.1) is 0 Å². The molecule has 0 amide bonds. The molecule has 3 heteroatoms. The second-order valence-corrected chi connectivity index (χ2v) is 3.99. The highest BCUT2D eigenvalue weighted by Gasteiger charge is 2.00. The number of pyridine rings is 1. The van der Waals surface area contributed by atoms with Crippen molar-refractivity contribution in [2.75, 3.05) is 5.32 Å². The SMILES string of the molecule is Cc1ccc(Nc2ccc(C#N)cn2)c(C)c1. The maximum atomic E-state index is 8.68. The Kier molecular flexibility index (Phi) is 3.06. The van der Waals surface area contributed by atoms with E-state index in [1.165, 1.54) is 11.1 Å². The van der Waals surface area contributed by atoms with Gasteiger partial charge >= 0.3 is 0 Å². The van der Waals surface area contributed by atoms with Crippen molar-refractivity contribution in [1.82, 2.24) is 4.98 Å². The Hall–Kier alpha value is -2.34. The number of anilines is 2. The Morgan fingerprint density at radius 2 is 2.00 bits per heavy atom. The molecule has 0 spiro atoms. The number of aromatic nitrogens is 1. The van der Waals surface area contributed by atoms with Gasteiger partial charge in [-0.2, -0.15) is 5.26 Å². The summed E-state index contributed by atoms with van der Waals surface area (Å²) in [5.41, 5.74) is 4.01. The molecule has 1 heterocycles. The third kappa shape index (κ3) is 2.61. The Labute approximate surface area is 101 Å². The predicted molar refractivity (Wildman–Crippen MR) is 68.2 cm³/mol. The number of rotatable bonds is 2. The molecular weight excluding hydrogens is 210 g/mol. The minimum atomic E-state index is 0.566. The van der Waals surface area contributed by atoms with E-state index in [1.807, 2.05) is 12.1 Å². The Balaban J connectivity index is 2.23. The van der Waals surface area contributed by atoms with E-state index >= 15 is 0 Å². The first-order chi connectivity index (χ1) is 8.19. The molecule has 1 aromatic heterocycles. The second-order valence-electron chi connectivity index (χ2n) is 3.99. The van der Waals surface area contributed by atoms with Crippen molar-refractivity contribution in [2.24, 2.45) is 0 Å². The van der Waals surface area contributed by atoms with Crippen LogP contribution in [-0.2, 0) is 0 Å². The summed E-state index contributed by atoms with van der Waals surface area (Å²) in [5, 5.41) is 11.9. The van der Waals surface area contributed by atoms with Crippen LogP contribution in [0.3, 0.4) is 0 Å². The molecule has 0 aliphatic carbocycles. The van der Waals surface area contributed by atoms with Crippen LogP contribution in [-0.4, -0.2) is 4.98 Å². The molecule has 0 atom stereocenters. The zero-order valence-electron chi connectivity index (χ0n) is 9.86. The number of nitrogens with one attached hydrogen (secondary N) is 1. The van der Waals surface area contributed by atoms with Crippen LogP contribution in [0.25, 0.3) is 0 Å². The van der Waals surface area contributed by atoms with Crippen molar-refractivity contribution in [3.8, 4) is 6.07 Å². The first-order valence-electron chi connectivity index (χ1n) is 5.39. The first kappa shape index (κ1) is 11.2. The van der Waals surface area contributed by atoms with Gasteiger partial charge in [0.2, 0.25) is 0 Å². The molecule has 17 heavy (non-hydrogen) atoms. The lowest BCUT2D eigenvalue weighted by Crippen LogP contribution is -1.96. The third-order valence-electron chi connectivity index (χ3n) is 2.54. The molecule has 0 aliphatic rings. The van der Waals surface area contributed by atoms with Gasteiger partial charge in [0, 0.05) is 11.9 Å². The molecule has 0 bridgehead atoms. The average molecular weight is 223 g/mol. The maximum Gasteiger partial charge on any atom is 0.130 e. The van der Waals surface area contributed by atoms with Crippen molar-refractivity contribution in [3.05, 3.63) is 53.2 Å². The summed E-state index contributed by atoms with van der Waals surface area (Å²) in [4.78, 5) is 4.17. The molecule has 2 aromatic rings. The quantitative estimate of drug-likeness (QED) is 0.849. The highest BCUT2D eigenvalue weighted by atomic mass is 15.0. The minimum absolute atomic E-state index is 0.566. The van der Waals surface area contributed by atoms with Crippen LogP contribution in [0.4, 0.5) is 11.5 Å². The summed E-state index contributed by atoms with van der Waals surface area (Å²) in [6.45, 7) is 4.12. The van der Waals surface area contributed by atoms with E-state index in [4.69, 9.17) is 5.26 Å². The van der Waals surface area contributed by atoms with Crippen LogP contribution in [0.15, 0.2) is 36.5 Å². The van der Waals surface area contributed by atoms with Crippen LogP contribution in [0.2, 0.25) is 0 Å². The van der Waals surface area contributed by atoms with Gasteiger partial charge in [-0.1, -0.05) is 17.7 Å². The van der Waals surface area contributed by atoms with Crippen LogP contribution < -0.4 is 5.32 Å². The summed E-state index contributed by atoms with van der Waals surface area (Å²) >= 11 is 0. The van der Waals surface area contributed by atoms with Crippen molar-refractivity contribution >= 4 is 11.5 Å². The normalized spacial score (nSPS) is 9.71. The topological polar surface area (TPSA) is 48.7 Å². The Bertz CT molecular complexity index is 565. The Morgan fingerprint density at radius 1 is 1.18 bits per heavy atom. The minimum Gasteiger partial charge on any atom is -0.340 e. The zero-order valence-corrected chi connectivity index (χ0v) is 9.86. The molecule has 3 nitrogen and oxygen atoms in total. The molecular formula is C14H13N3. The monoisotopic (exact) mass is 223 g/mol. The molecule has 0 saturated carbocycles. The lowest BCUT2D eigenvalue weighted by molar-refractivity contribution is 1.27. The standard InChI is InChI=1S/C14H13N3/c1-10-3-5-13(11(2)7-10)17-14-6-4-12(8-15)9-16-14/h3-7,9H,1-2H3,(H,16,17). The largest absolute Gasteiger partial charge is 0.340 e. The number of hydrogen-bond donors (Lipinski definition) is 1. The maximum absolute atomic E-state index is 8.68. The molecule has 1 aromatic carbocycles. The number of nitriles is 1. The summed E-state index contributed by atoms with van der Waals surface area (Å²) in [5.74, 6) is 0.746. The number of hydrogen-bond acceptors (Lipinski definition) is 3. The van der Waals surface area contributed by atoms with Crippen LogP contribution >= 0.6 is 0 Å².